The van der Waals surface area contributed by atoms with E-state index >= 15 is 0 Å². The van der Waals surface area contributed by atoms with Gasteiger partial charge in [-0.3, -0.25) is 0 Å². The van der Waals surface area contributed by atoms with Gasteiger partial charge in [0.2, 0.25) is 5.95 Å². The molecule has 2 N–H and O–H groups in total. The Bertz CT molecular complexity index is 636. The molecular formula is C15H22N6. The number of piperidine rings is 1. The summed E-state index contributed by atoms with van der Waals surface area (Å²) < 4.78 is 0. The summed E-state index contributed by atoms with van der Waals surface area (Å²) in [5, 5.41) is 3.23. The second-order valence-electron chi connectivity index (χ2n) is 6.10. The minimum Gasteiger partial charge on any atom is -0.354 e. The maximum atomic E-state index is 4.78. The van der Waals surface area contributed by atoms with Crippen molar-refractivity contribution >= 4 is 22.9 Å². The van der Waals surface area contributed by atoms with Crippen LogP contribution in [0.15, 0.2) is 6.33 Å². The second-order valence-corrected chi connectivity index (χ2v) is 6.10. The van der Waals surface area contributed by atoms with Crippen LogP contribution in [0.2, 0.25) is 0 Å². The number of nitrogens with zero attached hydrogens (tertiary/aromatic N) is 4. The molecule has 1 saturated heterocycles. The van der Waals surface area contributed by atoms with Crippen LogP contribution in [0, 0.1) is 5.92 Å². The summed E-state index contributed by atoms with van der Waals surface area (Å²) in [6.07, 6.45) is 8.37. The van der Waals surface area contributed by atoms with Gasteiger partial charge < -0.3 is 15.2 Å². The van der Waals surface area contributed by atoms with Gasteiger partial charge in [0, 0.05) is 19.1 Å². The molecule has 1 aliphatic heterocycles. The lowest BCUT2D eigenvalue weighted by Gasteiger charge is -2.38. The lowest BCUT2D eigenvalue weighted by atomic mass is 9.92. The number of hydrogen-bond acceptors (Lipinski definition) is 5. The van der Waals surface area contributed by atoms with Gasteiger partial charge in [0.05, 0.1) is 6.33 Å². The van der Waals surface area contributed by atoms with E-state index in [9.17, 15) is 0 Å². The van der Waals surface area contributed by atoms with E-state index < -0.39 is 0 Å². The van der Waals surface area contributed by atoms with Crippen LogP contribution < -0.4 is 10.2 Å². The van der Waals surface area contributed by atoms with Gasteiger partial charge in [-0.1, -0.05) is 6.42 Å². The number of nitrogens with one attached hydrogen (secondary N) is 2. The van der Waals surface area contributed by atoms with Crippen molar-refractivity contribution in [2.24, 2.45) is 5.92 Å². The SMILES string of the molecule is CCNc1nc(N2CCCC3CCCC32)c2[nH]cnc2n1. The minimum atomic E-state index is 0.648. The molecule has 3 heterocycles. The Morgan fingerprint density at radius 2 is 2.19 bits per heavy atom. The Labute approximate surface area is 124 Å². The molecule has 0 amide bonds. The fourth-order valence-electron chi connectivity index (χ4n) is 3.98. The van der Waals surface area contributed by atoms with E-state index in [1.165, 1.54) is 32.1 Å². The fourth-order valence-corrected chi connectivity index (χ4v) is 3.98. The predicted molar refractivity (Wildman–Crippen MR) is 83.6 cm³/mol. The topological polar surface area (TPSA) is 69.7 Å². The molecule has 2 aliphatic rings. The molecule has 112 valence electrons. The molecule has 2 fully saturated rings. The van der Waals surface area contributed by atoms with Gasteiger partial charge in [0.25, 0.3) is 0 Å². The van der Waals surface area contributed by atoms with Crippen LogP contribution in [0.4, 0.5) is 11.8 Å². The van der Waals surface area contributed by atoms with E-state index in [-0.39, 0.29) is 0 Å². The van der Waals surface area contributed by atoms with Gasteiger partial charge in [-0.15, -0.1) is 0 Å². The molecule has 2 atom stereocenters. The Morgan fingerprint density at radius 1 is 1.29 bits per heavy atom. The number of fused-ring (bicyclic) bond motifs is 2. The summed E-state index contributed by atoms with van der Waals surface area (Å²) in [7, 11) is 0. The first kappa shape index (κ1) is 12.9. The van der Waals surface area contributed by atoms with E-state index in [2.05, 4.69) is 32.1 Å². The summed E-state index contributed by atoms with van der Waals surface area (Å²) in [4.78, 5) is 19.3. The van der Waals surface area contributed by atoms with Crippen molar-refractivity contribution in [2.75, 3.05) is 23.3 Å². The minimum absolute atomic E-state index is 0.648. The van der Waals surface area contributed by atoms with E-state index in [0.29, 0.717) is 12.0 Å². The third kappa shape index (κ3) is 2.13. The predicted octanol–water partition coefficient (Wildman–Crippen LogP) is 2.55. The Balaban J connectivity index is 1.78. The molecule has 1 aliphatic carbocycles. The lowest BCUT2D eigenvalue weighted by Crippen LogP contribution is -2.43. The number of hydrogen-bond donors (Lipinski definition) is 2. The number of anilines is 2. The van der Waals surface area contributed by atoms with Crippen molar-refractivity contribution in [2.45, 2.75) is 45.1 Å². The van der Waals surface area contributed by atoms with Crippen molar-refractivity contribution in [3.05, 3.63) is 6.33 Å². The van der Waals surface area contributed by atoms with Gasteiger partial charge in [-0.2, -0.15) is 9.97 Å². The number of H-pyrrole nitrogens is 1. The maximum absolute atomic E-state index is 4.78. The van der Waals surface area contributed by atoms with Gasteiger partial charge in [0.15, 0.2) is 11.5 Å². The molecule has 0 spiro atoms. The molecule has 6 heteroatoms. The van der Waals surface area contributed by atoms with E-state index in [1.54, 1.807) is 6.33 Å². The number of aromatic amines is 1. The highest BCUT2D eigenvalue weighted by Crippen LogP contribution is 2.40. The van der Waals surface area contributed by atoms with Crippen LogP contribution >= 0.6 is 0 Å². The lowest BCUT2D eigenvalue weighted by molar-refractivity contribution is 0.361. The first-order chi connectivity index (χ1) is 10.4. The normalized spacial score (nSPS) is 25.3. The fraction of sp³-hybridized carbons (Fsp3) is 0.667. The monoisotopic (exact) mass is 286 g/mol. The van der Waals surface area contributed by atoms with Crippen LogP contribution in [-0.2, 0) is 0 Å². The molecule has 0 aromatic carbocycles. The first-order valence-electron chi connectivity index (χ1n) is 8.08. The van der Waals surface area contributed by atoms with Crippen molar-refractivity contribution in [1.29, 1.82) is 0 Å². The standard InChI is InChI=1S/C15H22N6/c1-2-16-15-19-13-12(17-9-18-13)14(20-15)21-8-4-6-10-5-3-7-11(10)21/h9-11H,2-8H2,1H3,(H2,16,17,18,19,20). The smallest absolute Gasteiger partial charge is 0.226 e. The van der Waals surface area contributed by atoms with E-state index in [0.717, 1.165) is 36.0 Å². The highest BCUT2D eigenvalue weighted by molar-refractivity contribution is 5.84. The van der Waals surface area contributed by atoms with Crippen LogP contribution in [0.3, 0.4) is 0 Å². The molecule has 2 aromatic heterocycles. The third-order valence-electron chi connectivity index (χ3n) is 4.87. The molecule has 0 bridgehead atoms. The van der Waals surface area contributed by atoms with Gasteiger partial charge in [-0.25, -0.2) is 4.98 Å². The quantitative estimate of drug-likeness (QED) is 0.907. The van der Waals surface area contributed by atoms with Crippen molar-refractivity contribution in [3.8, 4) is 0 Å². The molecule has 6 nitrogen and oxygen atoms in total. The van der Waals surface area contributed by atoms with Crippen molar-refractivity contribution in [1.82, 2.24) is 19.9 Å². The van der Waals surface area contributed by atoms with Crippen molar-refractivity contribution < 1.29 is 0 Å². The summed E-state index contributed by atoms with van der Waals surface area (Å²) in [5.41, 5.74) is 1.74. The zero-order valence-corrected chi connectivity index (χ0v) is 12.5. The Morgan fingerprint density at radius 3 is 3.10 bits per heavy atom. The molecule has 21 heavy (non-hydrogen) atoms. The highest BCUT2D eigenvalue weighted by Gasteiger charge is 2.36. The molecular weight excluding hydrogens is 264 g/mol. The Kier molecular flexibility index (Phi) is 3.16. The first-order valence-corrected chi connectivity index (χ1v) is 8.08. The molecule has 0 radical (unpaired) electrons. The van der Waals surface area contributed by atoms with E-state index in [4.69, 9.17) is 4.98 Å². The number of imidazole rings is 1. The molecule has 2 unspecified atom stereocenters. The summed E-state index contributed by atoms with van der Waals surface area (Å²) in [5.74, 6) is 2.56. The zero-order chi connectivity index (χ0) is 14.2. The zero-order valence-electron chi connectivity index (χ0n) is 12.5. The average Bonchev–Trinajstić information content (AvgIpc) is 3.14. The highest BCUT2D eigenvalue weighted by atomic mass is 15.3. The van der Waals surface area contributed by atoms with Gasteiger partial charge >= 0.3 is 0 Å². The van der Waals surface area contributed by atoms with Gasteiger partial charge in [0.1, 0.15) is 5.52 Å². The largest absolute Gasteiger partial charge is 0.354 e. The molecule has 2 aromatic rings. The van der Waals surface area contributed by atoms with Crippen LogP contribution in [0.25, 0.3) is 11.2 Å². The van der Waals surface area contributed by atoms with Crippen LogP contribution in [-0.4, -0.2) is 39.1 Å². The van der Waals surface area contributed by atoms with Crippen LogP contribution in [0.1, 0.15) is 39.0 Å². The number of aromatic nitrogens is 4. The Hall–Kier alpha value is -1.85. The summed E-state index contributed by atoms with van der Waals surface area (Å²) in [6, 6.07) is 0.648. The molecule has 1 saturated carbocycles. The number of rotatable bonds is 3. The average molecular weight is 286 g/mol. The summed E-state index contributed by atoms with van der Waals surface area (Å²) >= 11 is 0. The van der Waals surface area contributed by atoms with Crippen LogP contribution in [0.5, 0.6) is 0 Å². The second kappa shape index (κ2) is 5.16. The van der Waals surface area contributed by atoms with E-state index in [1.807, 2.05) is 0 Å². The maximum Gasteiger partial charge on any atom is 0.226 e. The summed E-state index contributed by atoms with van der Waals surface area (Å²) in [6.45, 7) is 3.98. The third-order valence-corrected chi connectivity index (χ3v) is 4.87. The van der Waals surface area contributed by atoms with Gasteiger partial charge in [-0.05, 0) is 38.5 Å². The van der Waals surface area contributed by atoms with Crippen molar-refractivity contribution in [3.63, 3.8) is 0 Å². The molecule has 4 rings (SSSR count).